The number of nitrogens with two attached hydrogens (primary N) is 1. The van der Waals surface area contributed by atoms with E-state index in [2.05, 4.69) is 0 Å². The third-order valence-electron chi connectivity index (χ3n) is 2.80. The van der Waals surface area contributed by atoms with Crippen molar-refractivity contribution in [3.8, 4) is 5.75 Å². The molecule has 3 N–H and O–H groups in total. The Bertz CT molecular complexity index is 496. The fourth-order valence-electron chi connectivity index (χ4n) is 2.26. The van der Waals surface area contributed by atoms with Gasteiger partial charge in [-0.25, -0.2) is 0 Å². The molecule has 0 heterocycles. The largest absolute Gasteiger partial charge is 0.494 e. The van der Waals surface area contributed by atoms with Gasteiger partial charge in [0.25, 0.3) is 0 Å². The molecule has 22 heavy (non-hydrogen) atoms. The van der Waals surface area contributed by atoms with Crippen molar-refractivity contribution in [3.63, 3.8) is 0 Å². The number of carbonyl (C=O) groups excluding carboxylic acids is 1. The summed E-state index contributed by atoms with van der Waals surface area (Å²) in [7, 11) is 0. The second-order valence-corrected chi connectivity index (χ2v) is 6.48. The number of rotatable bonds is 8. The molecule has 0 aliphatic carbocycles. The normalized spacial score (nSPS) is 14.4. The SMILES string of the molecule is CCCOc1cccc(CC(O)(CC(N)=O)OC(C)(C)C)c1. The Morgan fingerprint density at radius 1 is 1.32 bits per heavy atom. The molecular weight excluding hydrogens is 282 g/mol. The van der Waals surface area contributed by atoms with Crippen LogP contribution in [0.25, 0.3) is 0 Å². The Labute approximate surface area is 132 Å². The maximum atomic E-state index is 11.3. The van der Waals surface area contributed by atoms with Crippen LogP contribution in [-0.4, -0.2) is 29.0 Å². The van der Waals surface area contributed by atoms with Gasteiger partial charge in [-0.05, 0) is 44.9 Å². The van der Waals surface area contributed by atoms with E-state index in [0.29, 0.717) is 6.61 Å². The van der Waals surface area contributed by atoms with Gasteiger partial charge in [0, 0.05) is 6.42 Å². The van der Waals surface area contributed by atoms with Crippen LogP contribution >= 0.6 is 0 Å². The third kappa shape index (κ3) is 6.91. The van der Waals surface area contributed by atoms with E-state index in [1.165, 1.54) is 0 Å². The highest BCUT2D eigenvalue weighted by Crippen LogP contribution is 2.26. The van der Waals surface area contributed by atoms with E-state index in [-0.39, 0.29) is 12.8 Å². The van der Waals surface area contributed by atoms with E-state index < -0.39 is 17.3 Å². The predicted octanol–water partition coefficient (Wildman–Crippen LogP) is 2.40. The summed E-state index contributed by atoms with van der Waals surface area (Å²) in [5.74, 6) is -1.50. The number of carbonyl (C=O) groups is 1. The average molecular weight is 309 g/mol. The van der Waals surface area contributed by atoms with Crippen LogP contribution in [0.1, 0.15) is 46.1 Å². The molecule has 1 rings (SSSR count). The number of amides is 1. The summed E-state index contributed by atoms with van der Waals surface area (Å²) in [6.07, 6.45) is 0.823. The second-order valence-electron chi connectivity index (χ2n) is 6.48. The van der Waals surface area contributed by atoms with Gasteiger partial charge in [0.15, 0.2) is 5.79 Å². The highest BCUT2D eigenvalue weighted by molar-refractivity contribution is 5.74. The van der Waals surface area contributed by atoms with Gasteiger partial charge in [-0.3, -0.25) is 4.79 Å². The van der Waals surface area contributed by atoms with Gasteiger partial charge in [-0.1, -0.05) is 19.1 Å². The molecule has 124 valence electrons. The third-order valence-corrected chi connectivity index (χ3v) is 2.80. The molecule has 0 aliphatic heterocycles. The van der Waals surface area contributed by atoms with Crippen LogP contribution in [-0.2, 0) is 16.0 Å². The minimum atomic E-state index is -1.63. The zero-order chi connectivity index (χ0) is 16.8. The highest BCUT2D eigenvalue weighted by Gasteiger charge is 2.35. The summed E-state index contributed by atoms with van der Waals surface area (Å²) in [6.45, 7) is 8.12. The molecule has 5 nitrogen and oxygen atoms in total. The number of hydrogen-bond donors (Lipinski definition) is 2. The predicted molar refractivity (Wildman–Crippen MR) is 85.5 cm³/mol. The lowest BCUT2D eigenvalue weighted by Crippen LogP contribution is -2.44. The minimum Gasteiger partial charge on any atom is -0.494 e. The summed E-state index contributed by atoms with van der Waals surface area (Å²) in [6, 6.07) is 7.41. The molecule has 1 atom stereocenters. The number of ether oxygens (including phenoxy) is 2. The molecule has 0 spiro atoms. The topological polar surface area (TPSA) is 81.8 Å². The standard InChI is InChI=1S/C17H27NO4/c1-5-9-21-14-8-6-7-13(10-14)11-17(20,12-15(18)19)22-16(2,3)4/h6-8,10,20H,5,9,11-12H2,1-4H3,(H2,18,19). The lowest BCUT2D eigenvalue weighted by Gasteiger charge is -2.34. The fraction of sp³-hybridized carbons (Fsp3) is 0.588. The van der Waals surface area contributed by atoms with Crippen molar-refractivity contribution >= 4 is 5.91 Å². The van der Waals surface area contributed by atoms with Crippen molar-refractivity contribution in [1.82, 2.24) is 0 Å². The molecule has 0 fully saturated rings. The first-order valence-corrected chi connectivity index (χ1v) is 7.56. The molecule has 1 aromatic rings. The van der Waals surface area contributed by atoms with Crippen LogP contribution in [0.5, 0.6) is 5.75 Å². The summed E-state index contributed by atoms with van der Waals surface area (Å²) in [5.41, 5.74) is 5.47. The Kier molecular flexibility index (Phi) is 6.38. The van der Waals surface area contributed by atoms with Gasteiger partial charge < -0.3 is 20.3 Å². The molecule has 1 aromatic carbocycles. The summed E-state index contributed by atoms with van der Waals surface area (Å²) >= 11 is 0. The van der Waals surface area contributed by atoms with Crippen molar-refractivity contribution < 1.29 is 19.4 Å². The van der Waals surface area contributed by atoms with Crippen LogP contribution in [0.15, 0.2) is 24.3 Å². The number of primary amides is 1. The molecular formula is C17H27NO4. The lowest BCUT2D eigenvalue weighted by molar-refractivity contribution is -0.251. The van der Waals surface area contributed by atoms with Gasteiger partial charge in [-0.15, -0.1) is 0 Å². The maximum absolute atomic E-state index is 11.3. The molecule has 0 saturated heterocycles. The van der Waals surface area contributed by atoms with E-state index in [0.717, 1.165) is 17.7 Å². The van der Waals surface area contributed by atoms with Crippen molar-refractivity contribution in [2.75, 3.05) is 6.61 Å². The number of aliphatic hydroxyl groups is 1. The molecule has 5 heteroatoms. The minimum absolute atomic E-state index is 0.163. The number of hydrogen-bond acceptors (Lipinski definition) is 4. The van der Waals surface area contributed by atoms with Gasteiger partial charge in [0.1, 0.15) is 5.75 Å². The lowest BCUT2D eigenvalue weighted by atomic mass is 10.00. The molecule has 0 saturated carbocycles. The Hall–Kier alpha value is -1.59. The van der Waals surface area contributed by atoms with Crippen molar-refractivity contribution in [1.29, 1.82) is 0 Å². The monoisotopic (exact) mass is 309 g/mol. The first-order chi connectivity index (χ1) is 10.1. The van der Waals surface area contributed by atoms with Crippen LogP contribution in [0.2, 0.25) is 0 Å². The quantitative estimate of drug-likeness (QED) is 0.722. The smallest absolute Gasteiger partial charge is 0.222 e. The maximum Gasteiger partial charge on any atom is 0.222 e. The first-order valence-electron chi connectivity index (χ1n) is 7.56. The van der Waals surface area contributed by atoms with Crippen LogP contribution in [0.3, 0.4) is 0 Å². The molecule has 0 bridgehead atoms. The van der Waals surface area contributed by atoms with Crippen LogP contribution < -0.4 is 10.5 Å². The zero-order valence-corrected chi connectivity index (χ0v) is 13.9. The molecule has 1 unspecified atom stereocenters. The van der Waals surface area contributed by atoms with Crippen molar-refractivity contribution in [3.05, 3.63) is 29.8 Å². The van der Waals surface area contributed by atoms with Gasteiger partial charge in [0.05, 0.1) is 18.6 Å². The van der Waals surface area contributed by atoms with Gasteiger partial charge >= 0.3 is 0 Å². The Morgan fingerprint density at radius 3 is 2.55 bits per heavy atom. The van der Waals surface area contributed by atoms with Gasteiger partial charge in [-0.2, -0.15) is 0 Å². The summed E-state index contributed by atoms with van der Waals surface area (Å²) in [4.78, 5) is 11.3. The molecule has 0 aromatic heterocycles. The highest BCUT2D eigenvalue weighted by atomic mass is 16.6. The molecule has 1 amide bonds. The van der Waals surface area contributed by atoms with Crippen molar-refractivity contribution in [2.24, 2.45) is 5.73 Å². The van der Waals surface area contributed by atoms with Crippen LogP contribution in [0.4, 0.5) is 0 Å². The van der Waals surface area contributed by atoms with E-state index >= 15 is 0 Å². The number of benzene rings is 1. The molecule has 0 aliphatic rings. The zero-order valence-electron chi connectivity index (χ0n) is 13.9. The van der Waals surface area contributed by atoms with Crippen LogP contribution in [0, 0.1) is 0 Å². The van der Waals surface area contributed by atoms with E-state index in [1.807, 2.05) is 52.0 Å². The average Bonchev–Trinajstić information content (AvgIpc) is 2.32. The summed E-state index contributed by atoms with van der Waals surface area (Å²) < 4.78 is 11.3. The second kappa shape index (κ2) is 7.61. The molecule has 0 radical (unpaired) electrons. The van der Waals surface area contributed by atoms with Crippen molar-refractivity contribution in [2.45, 2.75) is 58.3 Å². The van der Waals surface area contributed by atoms with E-state index in [1.54, 1.807) is 0 Å². The van der Waals surface area contributed by atoms with E-state index in [4.69, 9.17) is 15.2 Å². The Morgan fingerprint density at radius 2 is 2.00 bits per heavy atom. The van der Waals surface area contributed by atoms with E-state index in [9.17, 15) is 9.90 Å². The first kappa shape index (κ1) is 18.5. The summed E-state index contributed by atoms with van der Waals surface area (Å²) in [5, 5.41) is 10.7. The Balaban J connectivity index is 2.91. The van der Waals surface area contributed by atoms with Gasteiger partial charge in [0.2, 0.25) is 5.91 Å². The fourth-order valence-corrected chi connectivity index (χ4v) is 2.26.